The van der Waals surface area contributed by atoms with Crippen LogP contribution in [0.25, 0.3) is 16.6 Å². The van der Waals surface area contributed by atoms with Crippen molar-refractivity contribution in [2.24, 2.45) is 0 Å². The van der Waals surface area contributed by atoms with Crippen LogP contribution in [0.5, 0.6) is 11.5 Å². The van der Waals surface area contributed by atoms with Crippen LogP contribution >= 0.6 is 0 Å². The molecule has 0 N–H and O–H groups in total. The minimum Gasteiger partial charge on any atom is -0.457 e. The molecule has 0 aliphatic heterocycles. The SMILES string of the molecule is CC.CC.O=Cc1cn(-c2ccc(Oc3ccc(C(F)(F)F)cc3)cc2)c2cnccc12. The van der Waals surface area contributed by atoms with E-state index in [4.69, 9.17) is 4.74 Å². The van der Waals surface area contributed by atoms with Crippen LogP contribution in [0, 0.1) is 0 Å². The molecule has 0 spiro atoms. The molecule has 2 aromatic carbocycles. The maximum Gasteiger partial charge on any atom is 0.416 e. The average molecular weight is 442 g/mol. The predicted molar refractivity (Wildman–Crippen MR) is 121 cm³/mol. The molecule has 0 saturated heterocycles. The largest absolute Gasteiger partial charge is 0.457 e. The highest BCUT2D eigenvalue weighted by atomic mass is 19.4. The second kappa shape index (κ2) is 11.1. The van der Waals surface area contributed by atoms with Crippen molar-refractivity contribution in [3.63, 3.8) is 0 Å². The lowest BCUT2D eigenvalue weighted by molar-refractivity contribution is -0.137. The number of carbonyl (C=O) groups is 1. The number of alkyl halides is 3. The Morgan fingerprint density at radius 2 is 1.44 bits per heavy atom. The van der Waals surface area contributed by atoms with Gasteiger partial charge in [-0.3, -0.25) is 9.78 Å². The van der Waals surface area contributed by atoms with Crippen LogP contribution in [0.2, 0.25) is 0 Å². The Kier molecular flexibility index (Phi) is 8.58. The van der Waals surface area contributed by atoms with Gasteiger partial charge in [0.1, 0.15) is 11.5 Å². The lowest BCUT2D eigenvalue weighted by Gasteiger charge is -2.10. The predicted octanol–water partition coefficient (Wildman–Crippen LogP) is 7.70. The summed E-state index contributed by atoms with van der Waals surface area (Å²) in [4.78, 5) is 15.4. The maximum atomic E-state index is 12.6. The summed E-state index contributed by atoms with van der Waals surface area (Å²) < 4.78 is 45.3. The molecule has 2 heterocycles. The van der Waals surface area contributed by atoms with E-state index < -0.39 is 11.7 Å². The molecule has 0 aliphatic rings. The van der Waals surface area contributed by atoms with E-state index in [0.717, 1.165) is 35.0 Å². The fourth-order valence-corrected chi connectivity index (χ4v) is 2.93. The Balaban J connectivity index is 0.000000860. The van der Waals surface area contributed by atoms with Gasteiger partial charge >= 0.3 is 6.18 Å². The second-order valence-corrected chi connectivity index (χ2v) is 6.08. The normalized spacial score (nSPS) is 10.5. The minimum absolute atomic E-state index is 0.305. The first-order chi connectivity index (χ1) is 15.5. The van der Waals surface area contributed by atoms with Crippen molar-refractivity contribution in [3.05, 3.63) is 84.3 Å². The van der Waals surface area contributed by atoms with E-state index in [1.807, 2.05) is 32.3 Å². The van der Waals surface area contributed by atoms with E-state index in [0.29, 0.717) is 17.1 Å². The van der Waals surface area contributed by atoms with Crippen molar-refractivity contribution in [1.82, 2.24) is 9.55 Å². The van der Waals surface area contributed by atoms with Gasteiger partial charge in [0.05, 0.1) is 17.3 Å². The molecule has 0 radical (unpaired) electrons. The summed E-state index contributed by atoms with van der Waals surface area (Å²) >= 11 is 0. The van der Waals surface area contributed by atoms with Crippen LogP contribution in [0.1, 0.15) is 43.6 Å². The Hall–Kier alpha value is -3.61. The van der Waals surface area contributed by atoms with E-state index in [1.165, 1.54) is 12.1 Å². The fourth-order valence-electron chi connectivity index (χ4n) is 2.93. The molecule has 4 aromatic rings. The number of aldehydes is 1. The summed E-state index contributed by atoms with van der Waals surface area (Å²) in [6.07, 6.45) is 1.44. The van der Waals surface area contributed by atoms with Gasteiger partial charge in [0, 0.05) is 29.0 Å². The van der Waals surface area contributed by atoms with Crippen LogP contribution < -0.4 is 4.74 Å². The van der Waals surface area contributed by atoms with Gasteiger partial charge in [-0.05, 0) is 54.6 Å². The molecule has 0 aliphatic carbocycles. The number of rotatable bonds is 4. The van der Waals surface area contributed by atoms with Crippen LogP contribution in [-0.2, 0) is 6.18 Å². The molecule has 2 aromatic heterocycles. The highest BCUT2D eigenvalue weighted by Crippen LogP contribution is 2.32. The fraction of sp³-hybridized carbons (Fsp3) is 0.200. The van der Waals surface area contributed by atoms with Gasteiger partial charge in [-0.1, -0.05) is 27.7 Å². The topological polar surface area (TPSA) is 44.1 Å². The van der Waals surface area contributed by atoms with Gasteiger partial charge in [0.15, 0.2) is 6.29 Å². The number of pyridine rings is 1. The zero-order valence-corrected chi connectivity index (χ0v) is 18.4. The first-order valence-electron chi connectivity index (χ1n) is 10.3. The number of nitrogens with zero attached hydrogens (tertiary/aromatic N) is 2. The maximum absolute atomic E-state index is 12.6. The molecular formula is C25H25F3N2O2. The first-order valence-corrected chi connectivity index (χ1v) is 10.3. The third kappa shape index (κ3) is 5.55. The summed E-state index contributed by atoms with van der Waals surface area (Å²) in [6.45, 7) is 8.00. The number of hydrogen-bond acceptors (Lipinski definition) is 3. The summed E-state index contributed by atoms with van der Waals surface area (Å²) in [5.74, 6) is 0.785. The van der Waals surface area contributed by atoms with E-state index in [1.54, 1.807) is 48.9 Å². The van der Waals surface area contributed by atoms with Crippen LogP contribution in [0.4, 0.5) is 13.2 Å². The number of halogens is 3. The zero-order chi connectivity index (χ0) is 23.7. The highest BCUT2D eigenvalue weighted by molar-refractivity contribution is 5.98. The number of aromatic nitrogens is 2. The highest BCUT2D eigenvalue weighted by Gasteiger charge is 2.30. The Morgan fingerprint density at radius 3 is 1.97 bits per heavy atom. The lowest BCUT2D eigenvalue weighted by Crippen LogP contribution is -2.03. The van der Waals surface area contributed by atoms with Gasteiger partial charge in [0.2, 0.25) is 0 Å². The van der Waals surface area contributed by atoms with Gasteiger partial charge in [-0.25, -0.2) is 0 Å². The molecule has 0 amide bonds. The van der Waals surface area contributed by atoms with E-state index >= 15 is 0 Å². The Bertz CT molecular complexity index is 1130. The molecule has 0 unspecified atom stereocenters. The van der Waals surface area contributed by atoms with Crippen molar-refractivity contribution >= 4 is 17.2 Å². The molecule has 0 atom stereocenters. The molecule has 4 nitrogen and oxygen atoms in total. The third-order valence-electron chi connectivity index (χ3n) is 4.30. The number of hydrogen-bond donors (Lipinski definition) is 0. The van der Waals surface area contributed by atoms with Crippen molar-refractivity contribution in [1.29, 1.82) is 0 Å². The van der Waals surface area contributed by atoms with Gasteiger partial charge < -0.3 is 9.30 Å². The van der Waals surface area contributed by atoms with Crippen molar-refractivity contribution < 1.29 is 22.7 Å². The summed E-state index contributed by atoms with van der Waals surface area (Å²) in [7, 11) is 0. The molecule has 32 heavy (non-hydrogen) atoms. The lowest BCUT2D eigenvalue weighted by atomic mass is 10.2. The molecule has 168 valence electrons. The van der Waals surface area contributed by atoms with Crippen LogP contribution in [0.3, 0.4) is 0 Å². The molecule has 4 rings (SSSR count). The van der Waals surface area contributed by atoms with Crippen molar-refractivity contribution in [2.45, 2.75) is 33.9 Å². The Labute approximate surface area is 185 Å². The summed E-state index contributed by atoms with van der Waals surface area (Å²) in [6, 6.07) is 13.3. The van der Waals surface area contributed by atoms with E-state index in [9.17, 15) is 18.0 Å². The molecule has 0 fully saturated rings. The summed E-state index contributed by atoms with van der Waals surface area (Å²) in [5, 5.41) is 0.801. The molecule has 0 bridgehead atoms. The number of fused-ring (bicyclic) bond motifs is 1. The van der Waals surface area contributed by atoms with E-state index in [-0.39, 0.29) is 0 Å². The first kappa shape index (κ1) is 24.7. The van der Waals surface area contributed by atoms with Gasteiger partial charge in [-0.15, -0.1) is 0 Å². The minimum atomic E-state index is -4.38. The quantitative estimate of drug-likeness (QED) is 0.304. The summed E-state index contributed by atoms with van der Waals surface area (Å²) in [5.41, 5.74) is 1.42. The molecule has 7 heteroatoms. The van der Waals surface area contributed by atoms with Crippen LogP contribution in [-0.4, -0.2) is 15.8 Å². The average Bonchev–Trinajstić information content (AvgIpc) is 3.21. The van der Waals surface area contributed by atoms with Gasteiger partial charge in [-0.2, -0.15) is 13.2 Å². The third-order valence-corrected chi connectivity index (χ3v) is 4.30. The van der Waals surface area contributed by atoms with Crippen molar-refractivity contribution in [2.75, 3.05) is 0 Å². The monoisotopic (exact) mass is 442 g/mol. The van der Waals surface area contributed by atoms with E-state index in [2.05, 4.69) is 4.98 Å². The smallest absolute Gasteiger partial charge is 0.416 e. The van der Waals surface area contributed by atoms with Crippen molar-refractivity contribution in [3.8, 4) is 17.2 Å². The number of ether oxygens (including phenoxy) is 1. The van der Waals surface area contributed by atoms with Crippen LogP contribution in [0.15, 0.2) is 73.2 Å². The van der Waals surface area contributed by atoms with Gasteiger partial charge in [0.25, 0.3) is 0 Å². The second-order valence-electron chi connectivity index (χ2n) is 6.08. The Morgan fingerprint density at radius 1 is 0.875 bits per heavy atom. The molecular weight excluding hydrogens is 417 g/mol. The standard InChI is InChI=1S/C21H13F3N2O2.2C2H6/c22-21(23,24)15-1-5-17(6-2-15)28-18-7-3-16(4-8-18)26-12-14(13-27)19-9-10-25-11-20(19)26;2*1-2/h1-13H;2*1-2H3. The number of carbonyl (C=O) groups excluding carboxylic acids is 1. The zero-order valence-electron chi connectivity index (χ0n) is 18.4. The number of benzene rings is 2. The molecule has 0 saturated carbocycles.